The molecular formula is C21H21ClN6OS2. The highest BCUT2D eigenvalue weighted by Crippen LogP contribution is 2.31. The van der Waals surface area contributed by atoms with Gasteiger partial charge in [0.15, 0.2) is 10.3 Å². The Morgan fingerprint density at radius 1 is 1.29 bits per heavy atom. The third-order valence-electron chi connectivity index (χ3n) is 4.78. The first-order chi connectivity index (χ1) is 15.0. The smallest absolute Gasteiger partial charge is 0.249 e. The van der Waals surface area contributed by atoms with Crippen LogP contribution in [0.4, 0.5) is 11.1 Å². The van der Waals surface area contributed by atoms with E-state index in [1.807, 2.05) is 50.2 Å². The van der Waals surface area contributed by atoms with Crippen molar-refractivity contribution < 1.29 is 4.79 Å². The Morgan fingerprint density at radius 3 is 2.87 bits per heavy atom. The summed E-state index contributed by atoms with van der Waals surface area (Å²) in [7, 11) is 0. The first-order valence-electron chi connectivity index (χ1n) is 9.71. The zero-order chi connectivity index (χ0) is 22.0. The summed E-state index contributed by atoms with van der Waals surface area (Å²) in [6, 6.07) is 13.1. The third kappa shape index (κ3) is 4.68. The lowest BCUT2D eigenvalue weighted by Gasteiger charge is -2.18. The molecule has 0 aliphatic carbocycles. The van der Waals surface area contributed by atoms with E-state index in [0.717, 1.165) is 21.3 Å². The van der Waals surface area contributed by atoms with Gasteiger partial charge in [-0.05, 0) is 42.7 Å². The van der Waals surface area contributed by atoms with Gasteiger partial charge in [0.25, 0.3) is 0 Å². The van der Waals surface area contributed by atoms with Gasteiger partial charge in [-0.15, -0.1) is 10.2 Å². The predicted molar refractivity (Wildman–Crippen MR) is 128 cm³/mol. The Bertz CT molecular complexity index is 1240. The quantitative estimate of drug-likeness (QED) is 0.353. The van der Waals surface area contributed by atoms with Crippen LogP contribution in [0.25, 0.3) is 10.2 Å². The highest BCUT2D eigenvalue weighted by molar-refractivity contribution is 7.98. The van der Waals surface area contributed by atoms with Gasteiger partial charge in [0.1, 0.15) is 6.04 Å². The fourth-order valence-electron chi connectivity index (χ4n) is 3.20. The Labute approximate surface area is 193 Å². The molecule has 1 atom stereocenters. The molecule has 2 aromatic carbocycles. The zero-order valence-corrected chi connectivity index (χ0v) is 19.4. The van der Waals surface area contributed by atoms with E-state index in [4.69, 9.17) is 17.3 Å². The van der Waals surface area contributed by atoms with E-state index in [-0.39, 0.29) is 11.9 Å². The number of thiazole rings is 1. The summed E-state index contributed by atoms with van der Waals surface area (Å²) in [6.45, 7) is 3.95. The average Bonchev–Trinajstić information content (AvgIpc) is 3.31. The Hall–Kier alpha value is -2.62. The van der Waals surface area contributed by atoms with Gasteiger partial charge in [0.2, 0.25) is 11.9 Å². The highest BCUT2D eigenvalue weighted by Gasteiger charge is 2.26. The molecule has 1 amide bonds. The number of carbonyl (C=O) groups is 1. The molecule has 4 aromatic rings. The van der Waals surface area contributed by atoms with Crippen LogP contribution in [0.3, 0.4) is 0 Å². The number of nitrogens with two attached hydrogens (primary N) is 1. The highest BCUT2D eigenvalue weighted by atomic mass is 35.5. The number of hydrogen-bond donors (Lipinski definition) is 2. The molecule has 0 saturated carbocycles. The van der Waals surface area contributed by atoms with Crippen LogP contribution >= 0.6 is 34.7 Å². The SMILES string of the molecule is CCC(C(=O)Nc1nc2ccc(C)cc2s1)n1c(N)nnc1SCc1ccccc1Cl. The molecule has 3 N–H and O–H groups in total. The normalized spacial score (nSPS) is 12.2. The Balaban J connectivity index is 1.54. The van der Waals surface area contributed by atoms with E-state index >= 15 is 0 Å². The van der Waals surface area contributed by atoms with Crippen molar-refractivity contribution in [2.75, 3.05) is 11.1 Å². The van der Waals surface area contributed by atoms with Crippen LogP contribution in [-0.4, -0.2) is 25.7 Å². The molecule has 0 saturated heterocycles. The number of fused-ring (bicyclic) bond motifs is 1. The van der Waals surface area contributed by atoms with Crippen LogP contribution in [0.2, 0.25) is 5.02 Å². The summed E-state index contributed by atoms with van der Waals surface area (Å²) in [4.78, 5) is 17.6. The van der Waals surface area contributed by atoms with Crippen LogP contribution in [0, 0.1) is 6.92 Å². The van der Waals surface area contributed by atoms with E-state index in [1.54, 1.807) is 4.57 Å². The number of amides is 1. The molecule has 7 nitrogen and oxygen atoms in total. The third-order valence-corrected chi connectivity index (χ3v) is 7.07. The van der Waals surface area contributed by atoms with Crippen LogP contribution in [0.15, 0.2) is 47.6 Å². The average molecular weight is 473 g/mol. The lowest BCUT2D eigenvalue weighted by Crippen LogP contribution is -2.27. The summed E-state index contributed by atoms with van der Waals surface area (Å²) < 4.78 is 2.71. The van der Waals surface area contributed by atoms with Crippen molar-refractivity contribution in [3.63, 3.8) is 0 Å². The van der Waals surface area contributed by atoms with Crippen molar-refractivity contribution in [1.82, 2.24) is 19.7 Å². The van der Waals surface area contributed by atoms with Crippen molar-refractivity contribution in [3.05, 3.63) is 58.6 Å². The zero-order valence-electron chi connectivity index (χ0n) is 17.0. The van der Waals surface area contributed by atoms with Gasteiger partial charge in [-0.3, -0.25) is 9.36 Å². The molecule has 0 aliphatic rings. The molecule has 0 aliphatic heterocycles. The fourth-order valence-corrected chi connectivity index (χ4v) is 5.44. The second-order valence-corrected chi connectivity index (χ2v) is 9.37. The molecule has 2 heterocycles. The van der Waals surface area contributed by atoms with Gasteiger partial charge in [-0.1, -0.05) is 65.9 Å². The number of thioether (sulfide) groups is 1. The van der Waals surface area contributed by atoms with Crippen LogP contribution in [-0.2, 0) is 10.5 Å². The topological polar surface area (TPSA) is 98.7 Å². The van der Waals surface area contributed by atoms with Crippen molar-refractivity contribution in [2.24, 2.45) is 0 Å². The van der Waals surface area contributed by atoms with Gasteiger partial charge >= 0.3 is 0 Å². The van der Waals surface area contributed by atoms with Gasteiger partial charge in [0.05, 0.1) is 10.2 Å². The maximum Gasteiger partial charge on any atom is 0.249 e. The lowest BCUT2D eigenvalue weighted by atomic mass is 10.2. The maximum absolute atomic E-state index is 13.1. The monoisotopic (exact) mass is 472 g/mol. The largest absolute Gasteiger partial charge is 0.368 e. The number of nitrogen functional groups attached to an aromatic ring is 1. The number of aryl methyl sites for hydroxylation is 1. The van der Waals surface area contributed by atoms with Crippen LogP contribution in [0.5, 0.6) is 0 Å². The van der Waals surface area contributed by atoms with Gasteiger partial charge < -0.3 is 11.1 Å². The summed E-state index contributed by atoms with van der Waals surface area (Å²) in [6.07, 6.45) is 0.526. The second kappa shape index (κ2) is 9.25. The Morgan fingerprint density at radius 2 is 2.10 bits per heavy atom. The first kappa shape index (κ1) is 21.6. The number of halogens is 1. The molecule has 0 radical (unpaired) electrons. The Kier molecular flexibility index (Phi) is 6.45. The molecule has 31 heavy (non-hydrogen) atoms. The minimum Gasteiger partial charge on any atom is -0.368 e. The van der Waals surface area contributed by atoms with E-state index in [9.17, 15) is 4.79 Å². The molecular weight excluding hydrogens is 452 g/mol. The first-order valence-corrected chi connectivity index (χ1v) is 11.9. The van der Waals surface area contributed by atoms with E-state index in [0.29, 0.717) is 27.5 Å². The number of carbonyl (C=O) groups excluding carboxylic acids is 1. The molecule has 10 heteroatoms. The van der Waals surface area contributed by atoms with Gasteiger partial charge in [0, 0.05) is 10.8 Å². The van der Waals surface area contributed by atoms with E-state index < -0.39 is 6.04 Å². The number of nitrogens with zero attached hydrogens (tertiary/aromatic N) is 4. The second-order valence-electron chi connectivity index (χ2n) is 6.99. The summed E-state index contributed by atoms with van der Waals surface area (Å²) >= 11 is 9.15. The molecule has 0 fully saturated rings. The number of rotatable bonds is 7. The van der Waals surface area contributed by atoms with Crippen molar-refractivity contribution in [1.29, 1.82) is 0 Å². The summed E-state index contributed by atoms with van der Waals surface area (Å²) in [5.41, 5.74) is 9.07. The predicted octanol–water partition coefficient (Wildman–Crippen LogP) is 5.31. The molecule has 0 spiro atoms. The van der Waals surface area contributed by atoms with Gasteiger partial charge in [-0.2, -0.15) is 0 Å². The summed E-state index contributed by atoms with van der Waals surface area (Å²) in [5.74, 6) is 0.584. The standard InChI is InChI=1S/C21H21ClN6OS2/c1-3-16(18(29)25-20-24-15-9-8-12(2)10-17(15)31-20)28-19(23)26-27-21(28)30-11-13-6-4-5-7-14(13)22/h4-10,16H,3,11H2,1-2H3,(H2,23,26)(H,24,25,29). The molecule has 0 bridgehead atoms. The van der Waals surface area contributed by atoms with Crippen molar-refractivity contribution in [3.8, 4) is 0 Å². The van der Waals surface area contributed by atoms with Gasteiger partial charge in [-0.25, -0.2) is 4.98 Å². The lowest BCUT2D eigenvalue weighted by molar-refractivity contribution is -0.119. The molecule has 1 unspecified atom stereocenters. The maximum atomic E-state index is 13.1. The van der Waals surface area contributed by atoms with Crippen LogP contribution in [0.1, 0.15) is 30.5 Å². The van der Waals surface area contributed by atoms with E-state index in [1.165, 1.54) is 23.1 Å². The fraction of sp³-hybridized carbons (Fsp3) is 0.238. The molecule has 2 aromatic heterocycles. The van der Waals surface area contributed by atoms with Crippen LogP contribution < -0.4 is 11.1 Å². The summed E-state index contributed by atoms with van der Waals surface area (Å²) in [5, 5.41) is 12.9. The molecule has 4 rings (SSSR count). The number of hydrogen-bond acceptors (Lipinski definition) is 7. The number of aromatic nitrogens is 4. The number of nitrogens with one attached hydrogen (secondary N) is 1. The molecule has 160 valence electrons. The van der Waals surface area contributed by atoms with Crippen molar-refractivity contribution >= 4 is 61.9 Å². The number of anilines is 2. The minimum atomic E-state index is -0.558. The van der Waals surface area contributed by atoms with Crippen molar-refractivity contribution in [2.45, 2.75) is 37.2 Å². The van der Waals surface area contributed by atoms with E-state index in [2.05, 4.69) is 26.6 Å². The number of benzene rings is 2. The minimum absolute atomic E-state index is 0.198.